The van der Waals surface area contributed by atoms with Crippen molar-refractivity contribution in [3.63, 3.8) is 0 Å². The minimum atomic E-state index is 0.359. The van der Waals surface area contributed by atoms with Gasteiger partial charge in [-0.15, -0.1) is 0 Å². The first-order chi connectivity index (χ1) is 10.3. The van der Waals surface area contributed by atoms with E-state index in [1.54, 1.807) is 37.6 Å². The van der Waals surface area contributed by atoms with Crippen molar-refractivity contribution in [2.45, 2.75) is 13.5 Å². The van der Waals surface area contributed by atoms with Crippen LogP contribution in [0.25, 0.3) is 0 Å². The number of aromatic nitrogens is 1. The van der Waals surface area contributed by atoms with Crippen LogP contribution in [0.4, 0.5) is 0 Å². The third-order valence-corrected chi connectivity index (χ3v) is 2.80. The van der Waals surface area contributed by atoms with E-state index < -0.39 is 0 Å². The van der Waals surface area contributed by atoms with E-state index in [0.717, 1.165) is 11.8 Å². The fourth-order valence-electron chi connectivity index (χ4n) is 1.76. The maximum Gasteiger partial charge on any atom is 0.212 e. The molecule has 2 aromatic rings. The number of nitrogens with zero attached hydrogens (tertiary/aromatic N) is 1. The topological polar surface area (TPSA) is 57.7 Å². The summed E-state index contributed by atoms with van der Waals surface area (Å²) in [7, 11) is 1.57. The first-order valence-electron chi connectivity index (χ1n) is 6.60. The van der Waals surface area contributed by atoms with E-state index in [1.807, 2.05) is 13.0 Å². The molecule has 0 amide bonds. The second kappa shape index (κ2) is 7.28. The van der Waals surface area contributed by atoms with Gasteiger partial charge in [0.15, 0.2) is 11.5 Å². The predicted octanol–water partition coefficient (Wildman–Crippen LogP) is 2.88. The number of benzene rings is 1. The van der Waals surface area contributed by atoms with E-state index in [-0.39, 0.29) is 0 Å². The fourth-order valence-corrected chi connectivity index (χ4v) is 1.76. The first-order valence-corrected chi connectivity index (χ1v) is 6.60. The van der Waals surface area contributed by atoms with Gasteiger partial charge in [-0.3, -0.25) is 4.79 Å². The summed E-state index contributed by atoms with van der Waals surface area (Å²) in [6.07, 6.45) is 2.47. The third-order valence-electron chi connectivity index (χ3n) is 2.80. The highest BCUT2D eigenvalue weighted by Crippen LogP contribution is 2.28. The highest BCUT2D eigenvalue weighted by molar-refractivity contribution is 5.76. The Labute approximate surface area is 123 Å². The molecule has 1 aromatic carbocycles. The third kappa shape index (κ3) is 3.95. The lowest BCUT2D eigenvalue weighted by Crippen LogP contribution is -2.01. The van der Waals surface area contributed by atoms with Gasteiger partial charge >= 0.3 is 0 Å². The van der Waals surface area contributed by atoms with Gasteiger partial charge in [-0.1, -0.05) is 0 Å². The van der Waals surface area contributed by atoms with Crippen molar-refractivity contribution in [2.75, 3.05) is 13.7 Å². The molecule has 0 spiro atoms. The van der Waals surface area contributed by atoms with Crippen LogP contribution in [0.5, 0.6) is 17.4 Å². The maximum absolute atomic E-state index is 10.8. The molecule has 0 aliphatic heterocycles. The molecule has 0 radical (unpaired) electrons. The van der Waals surface area contributed by atoms with E-state index >= 15 is 0 Å². The molecule has 0 aliphatic carbocycles. The average Bonchev–Trinajstić information content (AvgIpc) is 2.54. The van der Waals surface area contributed by atoms with Crippen molar-refractivity contribution >= 4 is 6.29 Å². The Morgan fingerprint density at radius 3 is 2.62 bits per heavy atom. The van der Waals surface area contributed by atoms with Crippen LogP contribution in [0.2, 0.25) is 0 Å². The van der Waals surface area contributed by atoms with E-state index in [9.17, 15) is 4.79 Å². The van der Waals surface area contributed by atoms with Crippen LogP contribution in [0.3, 0.4) is 0 Å². The second-order valence-electron chi connectivity index (χ2n) is 4.25. The van der Waals surface area contributed by atoms with Crippen LogP contribution in [0.15, 0.2) is 36.5 Å². The standard InChI is InChI=1S/C16H17NO4/c1-3-20-15-8-12(10-18)4-6-14(15)21-11-13-5-7-16(19-2)17-9-13/h4-10H,3,11H2,1-2H3. The summed E-state index contributed by atoms with van der Waals surface area (Å²) in [6.45, 7) is 2.74. The van der Waals surface area contributed by atoms with Gasteiger partial charge < -0.3 is 14.2 Å². The Kier molecular flexibility index (Phi) is 5.15. The van der Waals surface area contributed by atoms with Gasteiger partial charge in [0.05, 0.1) is 13.7 Å². The molecular formula is C16H17NO4. The molecule has 110 valence electrons. The van der Waals surface area contributed by atoms with E-state index in [2.05, 4.69) is 4.98 Å². The minimum absolute atomic E-state index is 0.359. The molecule has 0 aliphatic rings. The first kappa shape index (κ1) is 14.8. The lowest BCUT2D eigenvalue weighted by Gasteiger charge is -2.12. The van der Waals surface area contributed by atoms with Crippen LogP contribution < -0.4 is 14.2 Å². The second-order valence-corrected chi connectivity index (χ2v) is 4.25. The Balaban J connectivity index is 2.09. The highest BCUT2D eigenvalue weighted by atomic mass is 16.5. The molecule has 1 aromatic heterocycles. The molecule has 21 heavy (non-hydrogen) atoms. The zero-order valence-electron chi connectivity index (χ0n) is 12.0. The molecule has 0 fully saturated rings. The van der Waals surface area contributed by atoms with Crippen LogP contribution in [-0.4, -0.2) is 25.0 Å². The summed E-state index contributed by atoms with van der Waals surface area (Å²) in [6, 6.07) is 8.74. The zero-order chi connectivity index (χ0) is 15.1. The zero-order valence-corrected chi connectivity index (χ0v) is 12.0. The van der Waals surface area contributed by atoms with Gasteiger partial charge in [-0.2, -0.15) is 0 Å². The van der Waals surface area contributed by atoms with E-state index in [4.69, 9.17) is 14.2 Å². The van der Waals surface area contributed by atoms with Crippen molar-refractivity contribution in [1.82, 2.24) is 4.98 Å². The molecule has 0 saturated carbocycles. The summed E-state index contributed by atoms with van der Waals surface area (Å²) in [5, 5.41) is 0. The van der Waals surface area contributed by atoms with Crippen LogP contribution >= 0.6 is 0 Å². The minimum Gasteiger partial charge on any atom is -0.490 e. The smallest absolute Gasteiger partial charge is 0.212 e. The lowest BCUT2D eigenvalue weighted by molar-refractivity contribution is 0.112. The van der Waals surface area contributed by atoms with Gasteiger partial charge in [0.25, 0.3) is 0 Å². The molecule has 2 rings (SSSR count). The average molecular weight is 287 g/mol. The number of carbonyl (C=O) groups is 1. The normalized spacial score (nSPS) is 10.0. The number of aldehydes is 1. The molecule has 1 heterocycles. The number of hydrogen-bond acceptors (Lipinski definition) is 5. The number of methoxy groups -OCH3 is 1. The van der Waals surface area contributed by atoms with Crippen molar-refractivity contribution in [2.24, 2.45) is 0 Å². The van der Waals surface area contributed by atoms with E-state index in [0.29, 0.717) is 36.2 Å². The van der Waals surface area contributed by atoms with Crippen molar-refractivity contribution in [1.29, 1.82) is 0 Å². The summed E-state index contributed by atoms with van der Waals surface area (Å²) in [4.78, 5) is 14.9. The largest absolute Gasteiger partial charge is 0.490 e. The van der Waals surface area contributed by atoms with Crippen molar-refractivity contribution < 1.29 is 19.0 Å². The van der Waals surface area contributed by atoms with Crippen LogP contribution in [-0.2, 0) is 6.61 Å². The quantitative estimate of drug-likeness (QED) is 0.733. The van der Waals surface area contributed by atoms with Gasteiger partial charge in [-0.25, -0.2) is 4.98 Å². The Morgan fingerprint density at radius 1 is 1.14 bits per heavy atom. The monoisotopic (exact) mass is 287 g/mol. The maximum atomic E-state index is 10.8. The fraction of sp³-hybridized carbons (Fsp3) is 0.250. The molecule has 5 heteroatoms. The van der Waals surface area contributed by atoms with Gasteiger partial charge in [0, 0.05) is 23.4 Å². The Hall–Kier alpha value is -2.56. The number of carbonyl (C=O) groups excluding carboxylic acids is 1. The Bertz CT molecular complexity index is 596. The van der Waals surface area contributed by atoms with E-state index in [1.165, 1.54) is 0 Å². The number of rotatable bonds is 7. The summed E-state index contributed by atoms with van der Waals surface area (Å²) in [5.74, 6) is 1.71. The van der Waals surface area contributed by atoms with Crippen LogP contribution in [0, 0.1) is 0 Å². The summed E-state index contributed by atoms with van der Waals surface area (Å²) in [5.41, 5.74) is 1.47. The summed E-state index contributed by atoms with van der Waals surface area (Å²) >= 11 is 0. The number of pyridine rings is 1. The highest BCUT2D eigenvalue weighted by Gasteiger charge is 2.07. The van der Waals surface area contributed by atoms with Crippen molar-refractivity contribution in [3.05, 3.63) is 47.7 Å². The molecule has 0 atom stereocenters. The Morgan fingerprint density at radius 2 is 2.00 bits per heavy atom. The van der Waals surface area contributed by atoms with Gasteiger partial charge in [0.1, 0.15) is 12.9 Å². The number of ether oxygens (including phenoxy) is 3. The molecule has 0 unspecified atom stereocenters. The van der Waals surface area contributed by atoms with Crippen molar-refractivity contribution in [3.8, 4) is 17.4 Å². The summed E-state index contributed by atoms with van der Waals surface area (Å²) < 4.78 is 16.2. The van der Waals surface area contributed by atoms with Gasteiger partial charge in [0.2, 0.25) is 5.88 Å². The number of hydrogen-bond donors (Lipinski definition) is 0. The van der Waals surface area contributed by atoms with Crippen LogP contribution in [0.1, 0.15) is 22.8 Å². The van der Waals surface area contributed by atoms with Gasteiger partial charge in [-0.05, 0) is 31.2 Å². The SMILES string of the molecule is CCOc1cc(C=O)ccc1OCc1ccc(OC)nc1. The molecule has 0 N–H and O–H groups in total. The molecule has 0 bridgehead atoms. The molecule has 5 nitrogen and oxygen atoms in total. The molecular weight excluding hydrogens is 270 g/mol. The molecule has 0 saturated heterocycles. The lowest BCUT2D eigenvalue weighted by atomic mass is 10.2. The predicted molar refractivity (Wildman–Crippen MR) is 78.1 cm³/mol.